The minimum atomic E-state index is 0.625. The Morgan fingerprint density at radius 1 is 1.43 bits per heavy atom. The first kappa shape index (κ1) is 14.4. The highest BCUT2D eigenvalue weighted by molar-refractivity contribution is 5.80. The van der Waals surface area contributed by atoms with Gasteiger partial charge in [-0.05, 0) is 43.6 Å². The van der Waals surface area contributed by atoms with Gasteiger partial charge in [0.25, 0.3) is 0 Å². The van der Waals surface area contributed by atoms with Crippen LogP contribution in [0.1, 0.15) is 38.2 Å². The van der Waals surface area contributed by atoms with E-state index < -0.39 is 0 Å². The second-order valence-corrected chi connectivity index (χ2v) is 6.53. The molecule has 0 radical (unpaired) electrons. The van der Waals surface area contributed by atoms with Crippen molar-refractivity contribution >= 4 is 5.96 Å². The lowest BCUT2D eigenvalue weighted by Gasteiger charge is -2.38. The third-order valence-corrected chi connectivity index (χ3v) is 4.91. The Kier molecular flexibility index (Phi) is 4.17. The molecule has 0 aromatic carbocycles. The SMILES string of the molecule is CCNC(=NCCc1cnn(C)c1)N1CCC2(CCC2)C1. The molecular formula is C16H27N5. The average molecular weight is 289 g/mol. The van der Waals surface area contributed by atoms with Gasteiger partial charge in [0.15, 0.2) is 5.96 Å². The third-order valence-electron chi connectivity index (χ3n) is 4.91. The fourth-order valence-corrected chi connectivity index (χ4v) is 3.52. The second-order valence-electron chi connectivity index (χ2n) is 6.53. The number of hydrogen-bond donors (Lipinski definition) is 1. The lowest BCUT2D eigenvalue weighted by Crippen LogP contribution is -2.42. The summed E-state index contributed by atoms with van der Waals surface area (Å²) in [4.78, 5) is 7.28. The van der Waals surface area contributed by atoms with Gasteiger partial charge in [-0.1, -0.05) is 6.42 Å². The van der Waals surface area contributed by atoms with Crippen LogP contribution in [0.3, 0.4) is 0 Å². The third kappa shape index (κ3) is 3.22. The number of aryl methyl sites for hydroxylation is 1. The minimum Gasteiger partial charge on any atom is -0.357 e. The molecule has 2 aliphatic rings. The van der Waals surface area contributed by atoms with Crippen molar-refractivity contribution in [1.82, 2.24) is 20.0 Å². The van der Waals surface area contributed by atoms with Crippen molar-refractivity contribution < 1.29 is 0 Å². The summed E-state index contributed by atoms with van der Waals surface area (Å²) in [6, 6.07) is 0. The number of aromatic nitrogens is 2. The molecule has 1 aliphatic heterocycles. The lowest BCUT2D eigenvalue weighted by atomic mass is 9.68. The second kappa shape index (κ2) is 6.08. The molecule has 2 heterocycles. The van der Waals surface area contributed by atoms with E-state index in [2.05, 4.69) is 28.4 Å². The first-order valence-corrected chi connectivity index (χ1v) is 8.22. The molecule has 0 atom stereocenters. The summed E-state index contributed by atoms with van der Waals surface area (Å²) >= 11 is 0. The lowest BCUT2D eigenvalue weighted by molar-refractivity contribution is 0.151. The van der Waals surface area contributed by atoms with Crippen LogP contribution in [0.15, 0.2) is 17.4 Å². The molecular weight excluding hydrogens is 262 g/mol. The molecule has 1 spiro atoms. The summed E-state index contributed by atoms with van der Waals surface area (Å²) in [5, 5.41) is 7.67. The molecule has 3 rings (SSSR count). The zero-order valence-corrected chi connectivity index (χ0v) is 13.3. The van der Waals surface area contributed by atoms with Crippen LogP contribution in [0.2, 0.25) is 0 Å². The molecule has 1 aromatic heterocycles. The van der Waals surface area contributed by atoms with Crippen LogP contribution in [0.5, 0.6) is 0 Å². The van der Waals surface area contributed by atoms with Gasteiger partial charge in [-0.3, -0.25) is 9.67 Å². The summed E-state index contributed by atoms with van der Waals surface area (Å²) < 4.78 is 1.85. The van der Waals surface area contributed by atoms with Crippen molar-refractivity contribution in [2.75, 3.05) is 26.2 Å². The number of likely N-dealkylation sites (tertiary alicyclic amines) is 1. The number of hydrogen-bond acceptors (Lipinski definition) is 2. The molecule has 0 amide bonds. The van der Waals surface area contributed by atoms with Crippen LogP contribution in [0.4, 0.5) is 0 Å². The molecule has 5 nitrogen and oxygen atoms in total. The Hall–Kier alpha value is -1.52. The molecule has 116 valence electrons. The molecule has 1 saturated carbocycles. The first-order chi connectivity index (χ1) is 10.2. The van der Waals surface area contributed by atoms with E-state index in [1.165, 1.54) is 44.3 Å². The van der Waals surface area contributed by atoms with Gasteiger partial charge in [-0.25, -0.2) is 0 Å². The van der Waals surface area contributed by atoms with Gasteiger partial charge in [-0.15, -0.1) is 0 Å². The summed E-state index contributed by atoms with van der Waals surface area (Å²) in [6.45, 7) is 6.28. The fourth-order valence-electron chi connectivity index (χ4n) is 3.52. The molecule has 5 heteroatoms. The van der Waals surface area contributed by atoms with Gasteiger partial charge in [0.1, 0.15) is 0 Å². The van der Waals surface area contributed by atoms with E-state index in [0.717, 1.165) is 25.5 Å². The van der Waals surface area contributed by atoms with Gasteiger partial charge in [0.05, 0.1) is 6.20 Å². The maximum absolute atomic E-state index is 4.82. The van der Waals surface area contributed by atoms with Crippen LogP contribution < -0.4 is 5.32 Å². The van der Waals surface area contributed by atoms with E-state index in [0.29, 0.717) is 5.41 Å². The highest BCUT2D eigenvalue weighted by atomic mass is 15.3. The summed E-state index contributed by atoms with van der Waals surface area (Å²) in [5.74, 6) is 1.10. The Bertz CT molecular complexity index is 501. The van der Waals surface area contributed by atoms with Crippen molar-refractivity contribution in [3.63, 3.8) is 0 Å². The normalized spacial score (nSPS) is 20.9. The molecule has 2 fully saturated rings. The molecule has 0 unspecified atom stereocenters. The van der Waals surface area contributed by atoms with Gasteiger partial charge in [0, 0.05) is 39.4 Å². The number of rotatable bonds is 4. The maximum atomic E-state index is 4.82. The van der Waals surface area contributed by atoms with E-state index in [1.54, 1.807) is 0 Å². The predicted octanol–water partition coefficient (Wildman–Crippen LogP) is 1.80. The monoisotopic (exact) mass is 289 g/mol. The highest BCUT2D eigenvalue weighted by Gasteiger charge is 2.43. The van der Waals surface area contributed by atoms with E-state index in [-0.39, 0.29) is 0 Å². The molecule has 0 bridgehead atoms. The van der Waals surface area contributed by atoms with Crippen LogP contribution in [-0.2, 0) is 13.5 Å². The van der Waals surface area contributed by atoms with Crippen LogP contribution >= 0.6 is 0 Å². The van der Waals surface area contributed by atoms with Crippen LogP contribution in [0, 0.1) is 5.41 Å². The van der Waals surface area contributed by atoms with Crippen molar-refractivity contribution in [3.05, 3.63) is 18.0 Å². The van der Waals surface area contributed by atoms with E-state index in [4.69, 9.17) is 4.99 Å². The average Bonchev–Trinajstić information content (AvgIpc) is 3.04. The van der Waals surface area contributed by atoms with Crippen LogP contribution in [0.25, 0.3) is 0 Å². The Morgan fingerprint density at radius 2 is 2.29 bits per heavy atom. The number of nitrogens with zero attached hydrogens (tertiary/aromatic N) is 4. The largest absolute Gasteiger partial charge is 0.357 e. The Morgan fingerprint density at radius 3 is 2.86 bits per heavy atom. The van der Waals surface area contributed by atoms with Crippen molar-refractivity contribution in [2.45, 2.75) is 39.0 Å². The maximum Gasteiger partial charge on any atom is 0.193 e. The summed E-state index contributed by atoms with van der Waals surface area (Å²) in [7, 11) is 1.96. The van der Waals surface area contributed by atoms with Gasteiger partial charge in [0.2, 0.25) is 0 Å². The quantitative estimate of drug-likeness (QED) is 0.679. The minimum absolute atomic E-state index is 0.625. The predicted molar refractivity (Wildman–Crippen MR) is 85.4 cm³/mol. The fraction of sp³-hybridized carbons (Fsp3) is 0.750. The smallest absolute Gasteiger partial charge is 0.193 e. The van der Waals surface area contributed by atoms with Gasteiger partial charge < -0.3 is 10.2 Å². The number of guanidine groups is 1. The molecule has 1 aromatic rings. The number of nitrogens with one attached hydrogen (secondary N) is 1. The zero-order valence-electron chi connectivity index (χ0n) is 13.3. The molecule has 1 N–H and O–H groups in total. The molecule has 1 aliphatic carbocycles. The highest BCUT2D eigenvalue weighted by Crippen LogP contribution is 2.47. The molecule has 21 heavy (non-hydrogen) atoms. The Balaban J connectivity index is 1.57. The van der Waals surface area contributed by atoms with Crippen molar-refractivity contribution in [1.29, 1.82) is 0 Å². The topological polar surface area (TPSA) is 45.5 Å². The van der Waals surface area contributed by atoms with E-state index in [9.17, 15) is 0 Å². The Labute approximate surface area is 127 Å². The van der Waals surface area contributed by atoms with Crippen molar-refractivity contribution in [3.8, 4) is 0 Å². The van der Waals surface area contributed by atoms with E-state index >= 15 is 0 Å². The standard InChI is InChI=1S/C16H27N5/c1-3-17-15(18-9-5-14-11-19-20(2)12-14)21-10-8-16(13-21)6-4-7-16/h11-12H,3-10,13H2,1-2H3,(H,17,18). The summed E-state index contributed by atoms with van der Waals surface area (Å²) in [6.07, 6.45) is 10.6. The van der Waals surface area contributed by atoms with Gasteiger partial charge in [-0.2, -0.15) is 5.10 Å². The van der Waals surface area contributed by atoms with Crippen LogP contribution in [-0.4, -0.2) is 46.8 Å². The van der Waals surface area contributed by atoms with Gasteiger partial charge >= 0.3 is 0 Å². The first-order valence-electron chi connectivity index (χ1n) is 8.22. The number of aliphatic imine (C=N–C) groups is 1. The zero-order chi connectivity index (χ0) is 14.7. The molecule has 1 saturated heterocycles. The summed E-state index contributed by atoms with van der Waals surface area (Å²) in [5.41, 5.74) is 1.88. The van der Waals surface area contributed by atoms with E-state index in [1.807, 2.05) is 17.9 Å². The van der Waals surface area contributed by atoms with Crippen molar-refractivity contribution in [2.24, 2.45) is 17.5 Å².